The van der Waals surface area contributed by atoms with Gasteiger partial charge in [0.05, 0.1) is 13.0 Å². The Hall–Kier alpha value is -0.545. The van der Waals surface area contributed by atoms with E-state index in [1.54, 1.807) is 6.92 Å². The van der Waals surface area contributed by atoms with E-state index in [1.165, 1.54) is 6.92 Å². The number of rotatable bonds is 11. The van der Waals surface area contributed by atoms with Gasteiger partial charge >= 0.3 is 94.1 Å². The first-order valence-corrected chi connectivity index (χ1v) is 7.91. The molecule has 6 nitrogen and oxygen atoms in total. The largest absolute Gasteiger partial charge is 1.00 e. The van der Waals surface area contributed by atoms with Gasteiger partial charge in [-0.25, -0.2) is 0 Å². The van der Waals surface area contributed by atoms with Crippen molar-refractivity contribution in [1.82, 2.24) is 0 Å². The summed E-state index contributed by atoms with van der Waals surface area (Å²) in [4.78, 5) is 33.7. The maximum absolute atomic E-state index is 13.2. The molecular formula is C15H16F9O6Rb. The van der Waals surface area contributed by atoms with Crippen molar-refractivity contribution >= 4 is 17.9 Å². The van der Waals surface area contributed by atoms with Crippen LogP contribution in [0, 0.1) is 5.92 Å². The standard InChI is InChI=1S/C15H16F9O6.Rb/c1-3-8(2)11(27)30-7-29-10(26)6-9(25)28-5-4-12(16,17)13(18,19)14(20,21)15(22,23)24;/h3-7H2,1-2H3;/q-1;+1. The van der Waals surface area contributed by atoms with E-state index in [9.17, 15) is 53.9 Å². The molecule has 0 unspecified atom stereocenters. The van der Waals surface area contributed by atoms with Gasteiger partial charge in [0.2, 0.25) is 6.79 Å². The van der Waals surface area contributed by atoms with Crippen molar-refractivity contribution in [3.05, 3.63) is 5.92 Å². The first-order chi connectivity index (χ1) is 13.4. The molecule has 0 fully saturated rings. The van der Waals surface area contributed by atoms with E-state index >= 15 is 0 Å². The molecule has 0 aliphatic heterocycles. The van der Waals surface area contributed by atoms with Crippen LogP contribution in [0.25, 0.3) is 0 Å². The van der Waals surface area contributed by atoms with Gasteiger partial charge in [-0.15, -0.1) is 0 Å². The van der Waals surface area contributed by atoms with E-state index in [0.717, 1.165) is 0 Å². The summed E-state index contributed by atoms with van der Waals surface area (Å²) >= 11 is 0. The zero-order valence-corrected chi connectivity index (χ0v) is 21.3. The molecule has 0 spiro atoms. The number of hydrogen-bond acceptors (Lipinski definition) is 6. The van der Waals surface area contributed by atoms with Gasteiger partial charge in [-0.3, -0.25) is 20.3 Å². The van der Waals surface area contributed by atoms with Crippen LogP contribution in [0.4, 0.5) is 39.5 Å². The molecule has 0 aromatic rings. The first kappa shape index (κ1) is 32.6. The summed E-state index contributed by atoms with van der Waals surface area (Å²) in [5, 5.41) is 0. The maximum atomic E-state index is 13.2. The van der Waals surface area contributed by atoms with Crippen molar-refractivity contribution in [2.45, 2.75) is 57.1 Å². The van der Waals surface area contributed by atoms with Crippen LogP contribution in [0.3, 0.4) is 0 Å². The van der Waals surface area contributed by atoms with Crippen LogP contribution >= 0.6 is 0 Å². The van der Waals surface area contributed by atoms with E-state index in [1.807, 2.05) is 0 Å². The van der Waals surface area contributed by atoms with E-state index in [0.29, 0.717) is 6.42 Å². The van der Waals surface area contributed by atoms with Crippen LogP contribution in [0.2, 0.25) is 0 Å². The summed E-state index contributed by atoms with van der Waals surface area (Å²) in [6.45, 7) is 0.426. The summed E-state index contributed by atoms with van der Waals surface area (Å²) in [5.74, 6) is -23.4. The molecule has 176 valence electrons. The third-order valence-electron chi connectivity index (χ3n) is 3.47. The van der Waals surface area contributed by atoms with Crippen molar-refractivity contribution in [2.75, 3.05) is 13.4 Å². The van der Waals surface area contributed by atoms with Crippen molar-refractivity contribution in [2.24, 2.45) is 0 Å². The monoisotopic (exact) mass is 548 g/mol. The van der Waals surface area contributed by atoms with Crippen LogP contribution in [0.5, 0.6) is 0 Å². The van der Waals surface area contributed by atoms with Gasteiger partial charge in [0.25, 0.3) is 0 Å². The smallest absolute Gasteiger partial charge is 0.465 e. The van der Waals surface area contributed by atoms with E-state index in [2.05, 4.69) is 14.2 Å². The number of esters is 3. The Morgan fingerprint density at radius 1 is 0.806 bits per heavy atom. The van der Waals surface area contributed by atoms with Crippen molar-refractivity contribution in [3.8, 4) is 0 Å². The Morgan fingerprint density at radius 3 is 1.74 bits per heavy atom. The summed E-state index contributed by atoms with van der Waals surface area (Å²) in [6, 6.07) is 0. The third-order valence-corrected chi connectivity index (χ3v) is 3.47. The summed E-state index contributed by atoms with van der Waals surface area (Å²) in [5.41, 5.74) is 0. The number of hydrogen-bond donors (Lipinski definition) is 0. The Kier molecular flexibility index (Phi) is 13.3. The van der Waals surface area contributed by atoms with Gasteiger partial charge in [0.1, 0.15) is 6.42 Å². The van der Waals surface area contributed by atoms with Crippen molar-refractivity contribution < 1.29 is 126 Å². The Morgan fingerprint density at radius 2 is 1.29 bits per heavy atom. The zero-order chi connectivity index (χ0) is 24.0. The summed E-state index contributed by atoms with van der Waals surface area (Å²) in [7, 11) is 0. The number of carbonyl (C=O) groups excluding carboxylic acids is 3. The molecule has 0 N–H and O–H groups in total. The Bertz CT molecular complexity index is 625. The number of alkyl halides is 9. The van der Waals surface area contributed by atoms with E-state index in [-0.39, 0.29) is 64.1 Å². The molecule has 0 saturated heterocycles. The van der Waals surface area contributed by atoms with Crippen LogP contribution < -0.4 is 58.2 Å². The molecule has 0 aliphatic rings. The van der Waals surface area contributed by atoms with Gasteiger partial charge in [-0.1, -0.05) is 6.92 Å². The molecule has 0 heterocycles. The molecule has 0 radical (unpaired) electrons. The molecule has 0 rings (SSSR count). The first-order valence-electron chi connectivity index (χ1n) is 7.91. The molecular weight excluding hydrogens is 533 g/mol. The average Bonchev–Trinajstić information content (AvgIpc) is 2.59. The molecule has 0 amide bonds. The predicted molar refractivity (Wildman–Crippen MR) is 77.3 cm³/mol. The normalized spacial score (nSPS) is 12.5. The molecule has 0 saturated carbocycles. The topological polar surface area (TPSA) is 78.9 Å². The molecule has 0 atom stereocenters. The molecule has 0 aliphatic carbocycles. The second-order valence-corrected chi connectivity index (χ2v) is 5.70. The summed E-state index contributed by atoms with van der Waals surface area (Å²) < 4.78 is 126. The Balaban J connectivity index is 0. The minimum absolute atomic E-state index is 0. The molecule has 0 bridgehead atoms. The molecule has 0 aromatic heterocycles. The second kappa shape index (κ2) is 12.6. The van der Waals surface area contributed by atoms with Gasteiger partial charge in [0, 0.05) is 0 Å². The third kappa shape index (κ3) is 9.08. The van der Waals surface area contributed by atoms with Gasteiger partial charge in [-0.05, 0) is 0 Å². The number of carbonyl (C=O) groups is 3. The SMILES string of the molecule is CC[C-](C)C(=O)OCOC(=O)CC(=O)OCCC(F)(F)C(F)(F)C(F)(F)C(F)(F)F.[Rb+]. The quantitative estimate of drug-likeness (QED) is 0.125. The predicted octanol–water partition coefficient (Wildman–Crippen LogP) is 0.830. The molecule has 16 heteroatoms. The fourth-order valence-corrected chi connectivity index (χ4v) is 1.49. The van der Waals surface area contributed by atoms with Gasteiger partial charge in [-0.2, -0.15) is 52.9 Å². The summed E-state index contributed by atoms with van der Waals surface area (Å²) in [6.07, 6.45) is -10.3. The van der Waals surface area contributed by atoms with Crippen LogP contribution in [0.15, 0.2) is 0 Å². The fraction of sp³-hybridized carbons (Fsp3) is 0.733. The maximum Gasteiger partial charge on any atom is 1.00 e. The zero-order valence-electron chi connectivity index (χ0n) is 16.4. The Labute approximate surface area is 218 Å². The van der Waals surface area contributed by atoms with E-state index < -0.39 is 68.1 Å². The second-order valence-electron chi connectivity index (χ2n) is 5.70. The minimum Gasteiger partial charge on any atom is -0.465 e. The average molecular weight is 549 g/mol. The van der Waals surface area contributed by atoms with Crippen LogP contribution in [0.1, 0.15) is 33.1 Å². The van der Waals surface area contributed by atoms with E-state index in [4.69, 9.17) is 0 Å². The number of halogens is 9. The minimum atomic E-state index is -7.05. The van der Waals surface area contributed by atoms with Crippen LogP contribution in [-0.2, 0) is 28.6 Å². The fourth-order valence-electron chi connectivity index (χ4n) is 1.49. The van der Waals surface area contributed by atoms with Gasteiger partial charge < -0.3 is 14.2 Å². The number of ether oxygens (including phenoxy) is 3. The van der Waals surface area contributed by atoms with Crippen molar-refractivity contribution in [1.29, 1.82) is 0 Å². The molecule has 31 heavy (non-hydrogen) atoms. The van der Waals surface area contributed by atoms with Crippen LogP contribution in [-0.4, -0.2) is 55.3 Å². The van der Waals surface area contributed by atoms with Crippen molar-refractivity contribution in [3.63, 3.8) is 0 Å². The van der Waals surface area contributed by atoms with Gasteiger partial charge in [0.15, 0.2) is 5.97 Å². The molecule has 0 aromatic carbocycles.